The lowest BCUT2D eigenvalue weighted by Gasteiger charge is -2.36. The number of carboxylic acids is 1. The predicted molar refractivity (Wildman–Crippen MR) is 77.8 cm³/mol. The molecule has 0 unspecified atom stereocenters. The van der Waals surface area contributed by atoms with E-state index in [4.69, 9.17) is 5.11 Å². The minimum absolute atomic E-state index is 0.197. The van der Waals surface area contributed by atoms with Gasteiger partial charge < -0.3 is 5.11 Å². The summed E-state index contributed by atoms with van der Waals surface area (Å²) in [5.41, 5.74) is 0. The van der Waals surface area contributed by atoms with Crippen LogP contribution in [0.2, 0.25) is 0 Å². The zero-order valence-corrected chi connectivity index (χ0v) is 13.7. The number of hydrogen-bond acceptors (Lipinski definition) is 3. The molecule has 116 valence electrons. The Kier molecular flexibility index (Phi) is 4.69. The second-order valence-electron chi connectivity index (χ2n) is 5.02. The lowest BCUT2D eigenvalue weighted by atomic mass is 9.92. The van der Waals surface area contributed by atoms with E-state index < -0.39 is 38.7 Å². The van der Waals surface area contributed by atoms with Crippen LogP contribution >= 0.6 is 15.9 Å². The monoisotopic (exact) mass is 379 g/mol. The highest BCUT2D eigenvalue weighted by molar-refractivity contribution is 9.10. The number of benzene rings is 1. The Morgan fingerprint density at radius 3 is 2.71 bits per heavy atom. The summed E-state index contributed by atoms with van der Waals surface area (Å²) in [5.74, 6) is -2.65. The molecule has 1 saturated heterocycles. The Morgan fingerprint density at radius 2 is 2.14 bits per heavy atom. The Morgan fingerprint density at radius 1 is 1.48 bits per heavy atom. The Labute approximate surface area is 130 Å². The summed E-state index contributed by atoms with van der Waals surface area (Å²) in [7, 11) is -4.05. The fourth-order valence-electron chi connectivity index (χ4n) is 2.59. The molecule has 8 heteroatoms. The summed E-state index contributed by atoms with van der Waals surface area (Å²) in [5, 5.41) is 9.15. The van der Waals surface area contributed by atoms with E-state index >= 15 is 0 Å². The van der Waals surface area contributed by atoms with Crippen molar-refractivity contribution in [1.29, 1.82) is 0 Å². The molecule has 2 atom stereocenters. The molecule has 21 heavy (non-hydrogen) atoms. The molecule has 0 aromatic heterocycles. The van der Waals surface area contributed by atoms with E-state index in [1.54, 1.807) is 6.92 Å². The third-order valence-corrected chi connectivity index (χ3v) is 6.24. The van der Waals surface area contributed by atoms with Crippen LogP contribution in [0.25, 0.3) is 0 Å². The number of hydrogen-bond donors (Lipinski definition) is 1. The van der Waals surface area contributed by atoms with E-state index in [1.165, 1.54) is 12.1 Å². The first-order valence-electron chi connectivity index (χ1n) is 6.45. The number of halogens is 2. The molecule has 0 aliphatic carbocycles. The van der Waals surface area contributed by atoms with E-state index in [1.807, 2.05) is 0 Å². The van der Waals surface area contributed by atoms with Crippen LogP contribution in [0.5, 0.6) is 0 Å². The van der Waals surface area contributed by atoms with Crippen molar-refractivity contribution in [1.82, 2.24) is 4.31 Å². The molecule has 1 fully saturated rings. The topological polar surface area (TPSA) is 74.7 Å². The van der Waals surface area contributed by atoms with Gasteiger partial charge in [0, 0.05) is 17.1 Å². The normalized spacial score (nSPS) is 24.0. The Hall–Kier alpha value is -0.990. The number of piperidine rings is 1. The van der Waals surface area contributed by atoms with E-state index in [2.05, 4.69) is 15.9 Å². The van der Waals surface area contributed by atoms with Gasteiger partial charge in [-0.25, -0.2) is 12.8 Å². The molecule has 1 heterocycles. The molecule has 1 aromatic rings. The maximum absolute atomic E-state index is 13.9. The SMILES string of the molecule is C[C@@H]1[C@H](C(=O)O)CCCN1S(=O)(=O)c1ccc(Br)cc1F. The fraction of sp³-hybridized carbons (Fsp3) is 0.462. The largest absolute Gasteiger partial charge is 0.481 e. The van der Waals surface area contributed by atoms with Gasteiger partial charge in [0.15, 0.2) is 0 Å². The van der Waals surface area contributed by atoms with Crippen molar-refractivity contribution < 1.29 is 22.7 Å². The summed E-state index contributed by atoms with van der Waals surface area (Å²) in [6.07, 6.45) is 0.865. The van der Waals surface area contributed by atoms with Crippen LogP contribution in [0.15, 0.2) is 27.6 Å². The minimum atomic E-state index is -4.05. The number of sulfonamides is 1. The van der Waals surface area contributed by atoms with Crippen LogP contribution in [0.3, 0.4) is 0 Å². The average Bonchev–Trinajstić information content (AvgIpc) is 2.37. The second-order valence-corrected chi connectivity index (χ2v) is 7.79. The van der Waals surface area contributed by atoms with Crippen molar-refractivity contribution in [3.63, 3.8) is 0 Å². The summed E-state index contributed by atoms with van der Waals surface area (Å²) in [6.45, 7) is 1.75. The summed E-state index contributed by atoms with van der Waals surface area (Å²) in [6, 6.07) is 3.01. The van der Waals surface area contributed by atoms with Crippen molar-refractivity contribution >= 4 is 31.9 Å². The predicted octanol–water partition coefficient (Wildman–Crippen LogP) is 2.46. The lowest BCUT2D eigenvalue weighted by Crippen LogP contribution is -2.49. The van der Waals surface area contributed by atoms with Crippen LogP contribution in [0.1, 0.15) is 19.8 Å². The molecule has 1 aromatic carbocycles. The van der Waals surface area contributed by atoms with Gasteiger partial charge in [-0.15, -0.1) is 0 Å². The van der Waals surface area contributed by atoms with Crippen molar-refractivity contribution in [3.05, 3.63) is 28.5 Å². The van der Waals surface area contributed by atoms with E-state index in [9.17, 15) is 17.6 Å². The van der Waals surface area contributed by atoms with Crippen LogP contribution in [0.4, 0.5) is 4.39 Å². The molecule has 0 radical (unpaired) electrons. The first-order valence-corrected chi connectivity index (χ1v) is 8.68. The molecular formula is C13H15BrFNO4S. The van der Waals surface area contributed by atoms with Crippen molar-refractivity contribution in [3.8, 4) is 0 Å². The van der Waals surface area contributed by atoms with Crippen molar-refractivity contribution in [2.75, 3.05) is 6.54 Å². The standard InChI is InChI=1S/C13H15BrFNO4S/c1-8-10(13(17)18)3-2-6-16(8)21(19,20)12-5-4-9(14)7-11(12)15/h4-5,7-8,10H,2-3,6H2,1H3,(H,17,18)/t8-,10-/m1/s1. The van der Waals surface area contributed by atoms with Crippen molar-refractivity contribution in [2.24, 2.45) is 5.92 Å². The van der Waals surface area contributed by atoms with Crippen LogP contribution < -0.4 is 0 Å². The molecule has 1 aliphatic rings. The number of rotatable bonds is 3. The van der Waals surface area contributed by atoms with Gasteiger partial charge in [0.2, 0.25) is 10.0 Å². The van der Waals surface area contributed by atoms with Gasteiger partial charge in [0.05, 0.1) is 5.92 Å². The van der Waals surface area contributed by atoms with Gasteiger partial charge in [-0.2, -0.15) is 4.31 Å². The summed E-state index contributed by atoms with van der Waals surface area (Å²) >= 11 is 3.07. The zero-order valence-electron chi connectivity index (χ0n) is 11.3. The van der Waals surface area contributed by atoms with Crippen LogP contribution in [-0.4, -0.2) is 36.4 Å². The molecule has 1 aliphatic heterocycles. The molecule has 0 bridgehead atoms. The molecule has 0 spiro atoms. The first-order chi connectivity index (χ1) is 9.75. The number of nitrogens with zero attached hydrogens (tertiary/aromatic N) is 1. The highest BCUT2D eigenvalue weighted by Crippen LogP contribution is 2.31. The maximum atomic E-state index is 13.9. The summed E-state index contributed by atoms with van der Waals surface area (Å²) < 4.78 is 40.6. The van der Waals surface area contributed by atoms with Gasteiger partial charge in [0.1, 0.15) is 10.7 Å². The lowest BCUT2D eigenvalue weighted by molar-refractivity contribution is -0.144. The summed E-state index contributed by atoms with van der Waals surface area (Å²) in [4.78, 5) is 10.8. The van der Waals surface area contributed by atoms with Crippen LogP contribution in [-0.2, 0) is 14.8 Å². The minimum Gasteiger partial charge on any atom is -0.481 e. The average molecular weight is 380 g/mol. The fourth-order valence-corrected chi connectivity index (χ4v) is 4.68. The van der Waals surface area contributed by atoms with Gasteiger partial charge in [-0.05, 0) is 38.0 Å². The van der Waals surface area contributed by atoms with Gasteiger partial charge in [-0.1, -0.05) is 15.9 Å². The third-order valence-electron chi connectivity index (χ3n) is 3.73. The number of aliphatic carboxylic acids is 1. The Bertz CT molecular complexity index is 664. The Balaban J connectivity index is 2.41. The maximum Gasteiger partial charge on any atom is 0.308 e. The molecule has 0 amide bonds. The van der Waals surface area contributed by atoms with E-state index in [0.29, 0.717) is 17.3 Å². The third kappa shape index (κ3) is 3.12. The molecule has 1 N–H and O–H groups in total. The second kappa shape index (κ2) is 6.02. The molecule has 2 rings (SSSR count). The van der Waals surface area contributed by atoms with Gasteiger partial charge >= 0.3 is 5.97 Å². The van der Waals surface area contributed by atoms with Crippen LogP contribution in [0, 0.1) is 11.7 Å². The highest BCUT2D eigenvalue weighted by Gasteiger charge is 2.40. The van der Waals surface area contributed by atoms with Gasteiger partial charge in [-0.3, -0.25) is 4.79 Å². The molecular weight excluding hydrogens is 365 g/mol. The molecule has 0 saturated carbocycles. The smallest absolute Gasteiger partial charge is 0.308 e. The van der Waals surface area contributed by atoms with Crippen molar-refractivity contribution in [2.45, 2.75) is 30.7 Å². The van der Waals surface area contributed by atoms with Gasteiger partial charge in [0.25, 0.3) is 0 Å². The number of carboxylic acid groups (broad SMARTS) is 1. The molecule has 5 nitrogen and oxygen atoms in total. The quantitative estimate of drug-likeness (QED) is 0.874. The highest BCUT2D eigenvalue weighted by atomic mass is 79.9. The van der Waals surface area contributed by atoms with E-state index in [0.717, 1.165) is 10.4 Å². The van der Waals surface area contributed by atoms with E-state index in [-0.39, 0.29) is 6.54 Å². The number of carbonyl (C=O) groups is 1. The first kappa shape index (κ1) is 16.4. The zero-order chi connectivity index (χ0) is 15.8.